The molecule has 0 radical (unpaired) electrons. The number of guanidine groups is 1. The fourth-order valence-corrected chi connectivity index (χ4v) is 2.80. The molecule has 0 saturated heterocycles. The van der Waals surface area contributed by atoms with Crippen LogP contribution in [0.4, 0.5) is 4.39 Å². The molecule has 0 bridgehead atoms. The molecule has 7 heteroatoms. The lowest BCUT2D eigenvalue weighted by Gasteiger charge is -2.17. The van der Waals surface area contributed by atoms with Gasteiger partial charge < -0.3 is 20.7 Å². The van der Waals surface area contributed by atoms with Crippen molar-refractivity contribution in [3.05, 3.63) is 65.0 Å². The van der Waals surface area contributed by atoms with Gasteiger partial charge in [-0.25, -0.2) is 4.39 Å². The van der Waals surface area contributed by atoms with Crippen molar-refractivity contribution < 1.29 is 13.9 Å². The van der Waals surface area contributed by atoms with E-state index in [1.54, 1.807) is 19.2 Å². The number of carbonyl (C=O) groups is 1. The number of nitrogens with one attached hydrogen (secondary N) is 3. The van der Waals surface area contributed by atoms with E-state index < -0.39 is 0 Å². The standard InChI is InChI=1S/C23H31FN4O2/c1-16(2)30-21-13-17(3)5-8-19(21)15-28-23(25-4)27-12-11-26-22(29)14-18-6-9-20(24)10-7-18/h5-10,13,16H,11-12,14-15H2,1-4H3,(H,26,29)(H2,25,27,28). The zero-order valence-electron chi connectivity index (χ0n) is 18.1. The number of amides is 1. The number of carbonyl (C=O) groups excluding carboxylic acids is 1. The van der Waals surface area contributed by atoms with E-state index in [1.807, 2.05) is 32.9 Å². The van der Waals surface area contributed by atoms with Gasteiger partial charge in [-0.05, 0) is 50.1 Å². The summed E-state index contributed by atoms with van der Waals surface area (Å²) in [5.74, 6) is 1.08. The molecule has 6 nitrogen and oxygen atoms in total. The highest BCUT2D eigenvalue weighted by Crippen LogP contribution is 2.21. The van der Waals surface area contributed by atoms with Gasteiger partial charge in [0, 0.05) is 32.2 Å². The highest BCUT2D eigenvalue weighted by molar-refractivity contribution is 5.80. The van der Waals surface area contributed by atoms with Crippen molar-refractivity contribution in [1.82, 2.24) is 16.0 Å². The van der Waals surface area contributed by atoms with Crippen LogP contribution in [-0.4, -0.2) is 38.1 Å². The maximum absolute atomic E-state index is 12.9. The highest BCUT2D eigenvalue weighted by atomic mass is 19.1. The molecule has 0 aliphatic rings. The topological polar surface area (TPSA) is 74.8 Å². The Kier molecular flexibility index (Phi) is 9.12. The minimum atomic E-state index is -0.309. The largest absolute Gasteiger partial charge is 0.491 e. The monoisotopic (exact) mass is 414 g/mol. The van der Waals surface area contributed by atoms with Gasteiger partial charge >= 0.3 is 0 Å². The van der Waals surface area contributed by atoms with Crippen molar-refractivity contribution in [3.63, 3.8) is 0 Å². The van der Waals surface area contributed by atoms with E-state index in [-0.39, 0.29) is 24.2 Å². The van der Waals surface area contributed by atoms with Crippen LogP contribution in [0.2, 0.25) is 0 Å². The van der Waals surface area contributed by atoms with Gasteiger partial charge in [-0.2, -0.15) is 0 Å². The van der Waals surface area contributed by atoms with Crippen molar-refractivity contribution in [2.75, 3.05) is 20.1 Å². The third-order valence-corrected chi connectivity index (χ3v) is 4.27. The maximum Gasteiger partial charge on any atom is 0.224 e. The van der Waals surface area contributed by atoms with Gasteiger partial charge in [0.2, 0.25) is 5.91 Å². The average Bonchev–Trinajstić information content (AvgIpc) is 2.70. The van der Waals surface area contributed by atoms with Crippen LogP contribution in [-0.2, 0) is 17.8 Å². The van der Waals surface area contributed by atoms with Crippen LogP contribution in [0.5, 0.6) is 5.75 Å². The Hall–Kier alpha value is -3.09. The zero-order valence-corrected chi connectivity index (χ0v) is 18.1. The van der Waals surface area contributed by atoms with Crippen molar-refractivity contribution in [3.8, 4) is 5.75 Å². The molecule has 0 aliphatic carbocycles. The Morgan fingerprint density at radius 3 is 2.43 bits per heavy atom. The van der Waals surface area contributed by atoms with Gasteiger partial charge in [-0.1, -0.05) is 24.3 Å². The van der Waals surface area contributed by atoms with Crippen LogP contribution >= 0.6 is 0 Å². The molecule has 0 saturated carbocycles. The zero-order chi connectivity index (χ0) is 21.9. The van der Waals surface area contributed by atoms with Gasteiger partial charge in [0.15, 0.2) is 5.96 Å². The lowest BCUT2D eigenvalue weighted by Crippen LogP contribution is -2.41. The van der Waals surface area contributed by atoms with Gasteiger partial charge in [0.1, 0.15) is 11.6 Å². The lowest BCUT2D eigenvalue weighted by molar-refractivity contribution is -0.120. The van der Waals surface area contributed by atoms with E-state index in [0.29, 0.717) is 25.6 Å². The predicted molar refractivity (Wildman–Crippen MR) is 118 cm³/mol. The molecule has 0 fully saturated rings. The molecule has 0 aromatic heterocycles. The number of aryl methyl sites for hydroxylation is 1. The first-order chi connectivity index (χ1) is 14.4. The summed E-state index contributed by atoms with van der Waals surface area (Å²) in [6, 6.07) is 12.1. The first-order valence-electron chi connectivity index (χ1n) is 10.1. The molecule has 0 aliphatic heterocycles. The Balaban J connectivity index is 1.75. The summed E-state index contributed by atoms with van der Waals surface area (Å²) in [4.78, 5) is 16.2. The molecule has 162 valence electrons. The second-order valence-corrected chi connectivity index (χ2v) is 7.28. The lowest BCUT2D eigenvalue weighted by atomic mass is 10.1. The molecule has 1 amide bonds. The number of aliphatic imine (C=N–C) groups is 1. The summed E-state index contributed by atoms with van der Waals surface area (Å²) in [7, 11) is 1.70. The molecule has 0 atom stereocenters. The summed E-state index contributed by atoms with van der Waals surface area (Å²) in [6.07, 6.45) is 0.320. The molecule has 2 rings (SSSR count). The highest BCUT2D eigenvalue weighted by Gasteiger charge is 2.08. The van der Waals surface area contributed by atoms with Crippen LogP contribution in [0, 0.1) is 12.7 Å². The predicted octanol–water partition coefficient (Wildman–Crippen LogP) is 2.95. The quantitative estimate of drug-likeness (QED) is 0.335. The second-order valence-electron chi connectivity index (χ2n) is 7.28. The minimum Gasteiger partial charge on any atom is -0.491 e. The van der Waals surface area contributed by atoms with Gasteiger partial charge in [0.05, 0.1) is 12.5 Å². The Bertz CT molecular complexity index is 851. The fraction of sp³-hybridized carbons (Fsp3) is 0.391. The summed E-state index contributed by atoms with van der Waals surface area (Å²) in [5, 5.41) is 9.27. The Labute approximate surface area is 177 Å². The average molecular weight is 415 g/mol. The summed E-state index contributed by atoms with van der Waals surface area (Å²) >= 11 is 0. The van der Waals surface area contributed by atoms with E-state index >= 15 is 0 Å². The third kappa shape index (κ3) is 8.11. The molecule has 2 aromatic carbocycles. The molecule has 0 spiro atoms. The van der Waals surface area contributed by atoms with E-state index in [1.165, 1.54) is 12.1 Å². The number of rotatable bonds is 9. The number of nitrogens with zero attached hydrogens (tertiary/aromatic N) is 1. The Morgan fingerprint density at radius 2 is 1.77 bits per heavy atom. The number of ether oxygens (including phenoxy) is 1. The van der Waals surface area contributed by atoms with Gasteiger partial charge in [-0.15, -0.1) is 0 Å². The third-order valence-electron chi connectivity index (χ3n) is 4.27. The van der Waals surface area contributed by atoms with E-state index in [4.69, 9.17) is 4.74 Å². The molecule has 0 unspecified atom stereocenters. The molecule has 3 N–H and O–H groups in total. The number of halogens is 1. The first kappa shape index (κ1) is 23.2. The van der Waals surface area contributed by atoms with Gasteiger partial charge in [-0.3, -0.25) is 9.79 Å². The number of benzene rings is 2. The van der Waals surface area contributed by atoms with Crippen molar-refractivity contribution in [1.29, 1.82) is 0 Å². The normalized spacial score (nSPS) is 11.3. The second kappa shape index (κ2) is 11.8. The first-order valence-corrected chi connectivity index (χ1v) is 10.1. The smallest absolute Gasteiger partial charge is 0.224 e. The van der Waals surface area contributed by atoms with E-state index in [0.717, 1.165) is 22.4 Å². The SMILES string of the molecule is CN=C(NCCNC(=O)Cc1ccc(F)cc1)NCc1ccc(C)cc1OC(C)C. The molecular formula is C23H31FN4O2. The Morgan fingerprint density at radius 1 is 1.07 bits per heavy atom. The minimum absolute atomic E-state index is 0.0986. The summed E-state index contributed by atoms with van der Waals surface area (Å²) in [5.41, 5.74) is 2.97. The van der Waals surface area contributed by atoms with Crippen LogP contribution in [0.15, 0.2) is 47.5 Å². The molecular weight excluding hydrogens is 383 g/mol. The fourth-order valence-electron chi connectivity index (χ4n) is 2.80. The van der Waals surface area contributed by atoms with Crippen LogP contribution in [0.25, 0.3) is 0 Å². The van der Waals surface area contributed by atoms with Crippen LogP contribution in [0.1, 0.15) is 30.5 Å². The van der Waals surface area contributed by atoms with Crippen molar-refractivity contribution in [2.45, 2.75) is 39.8 Å². The molecule has 0 heterocycles. The van der Waals surface area contributed by atoms with Gasteiger partial charge in [0.25, 0.3) is 0 Å². The van der Waals surface area contributed by atoms with E-state index in [2.05, 4.69) is 27.0 Å². The van der Waals surface area contributed by atoms with Crippen molar-refractivity contribution in [2.24, 2.45) is 4.99 Å². The summed E-state index contributed by atoms with van der Waals surface area (Å²) in [6.45, 7) is 7.59. The maximum atomic E-state index is 12.9. The number of hydrogen-bond acceptors (Lipinski definition) is 3. The van der Waals surface area contributed by atoms with Crippen LogP contribution < -0.4 is 20.7 Å². The van der Waals surface area contributed by atoms with Crippen LogP contribution in [0.3, 0.4) is 0 Å². The molecule has 30 heavy (non-hydrogen) atoms. The van der Waals surface area contributed by atoms with Crippen molar-refractivity contribution >= 4 is 11.9 Å². The number of hydrogen-bond donors (Lipinski definition) is 3. The van der Waals surface area contributed by atoms with E-state index in [9.17, 15) is 9.18 Å². The summed E-state index contributed by atoms with van der Waals surface area (Å²) < 4.78 is 18.8. The molecule has 2 aromatic rings.